The first-order chi connectivity index (χ1) is 9.63. The summed E-state index contributed by atoms with van der Waals surface area (Å²) < 4.78 is 6.89. The Kier molecular flexibility index (Phi) is 4.31. The highest BCUT2D eigenvalue weighted by Crippen LogP contribution is 2.23. The fraction of sp³-hybridized carbons (Fsp3) is 0.308. The predicted octanol–water partition coefficient (Wildman–Crippen LogP) is 1.52. The molecule has 0 bridgehead atoms. The van der Waals surface area contributed by atoms with Crippen LogP contribution in [0.2, 0.25) is 0 Å². The van der Waals surface area contributed by atoms with Gasteiger partial charge in [0, 0.05) is 0 Å². The van der Waals surface area contributed by atoms with E-state index in [9.17, 15) is 10.1 Å². The lowest BCUT2D eigenvalue weighted by Crippen LogP contribution is -2.07. The molecule has 20 heavy (non-hydrogen) atoms. The van der Waals surface area contributed by atoms with Crippen LogP contribution in [0.4, 0.5) is 5.95 Å². The molecule has 106 valence electrons. The summed E-state index contributed by atoms with van der Waals surface area (Å²) in [6, 6.07) is 5.50. The van der Waals surface area contributed by atoms with Crippen LogP contribution in [0, 0.1) is 17.0 Å². The Labute approximate surface area is 115 Å². The first-order valence-corrected chi connectivity index (χ1v) is 6.11. The standard InChI is InChI=1S/C13H15N3O4/c1-10-11(3-2-4-12(10)20-8-7-17)9-15-6-5-14-13(15)16(18)19/h2-6,17H,7-9H2,1H3. The second-order valence-electron chi connectivity index (χ2n) is 4.22. The number of ether oxygens (including phenoxy) is 1. The Morgan fingerprint density at radius 2 is 2.30 bits per heavy atom. The van der Waals surface area contributed by atoms with Crippen molar-refractivity contribution < 1.29 is 14.8 Å². The molecule has 0 saturated heterocycles. The van der Waals surface area contributed by atoms with Gasteiger partial charge in [-0.05, 0) is 29.0 Å². The summed E-state index contributed by atoms with van der Waals surface area (Å²) in [7, 11) is 0. The van der Waals surface area contributed by atoms with E-state index in [2.05, 4.69) is 4.98 Å². The van der Waals surface area contributed by atoms with Crippen LogP contribution >= 0.6 is 0 Å². The molecule has 0 spiro atoms. The van der Waals surface area contributed by atoms with E-state index in [1.165, 1.54) is 10.8 Å². The zero-order valence-corrected chi connectivity index (χ0v) is 11.0. The molecule has 0 unspecified atom stereocenters. The lowest BCUT2D eigenvalue weighted by Gasteiger charge is -2.11. The number of aromatic nitrogens is 2. The lowest BCUT2D eigenvalue weighted by molar-refractivity contribution is -0.396. The van der Waals surface area contributed by atoms with Gasteiger partial charge in [0.25, 0.3) is 0 Å². The van der Waals surface area contributed by atoms with E-state index in [1.807, 2.05) is 19.1 Å². The molecule has 7 heteroatoms. The Morgan fingerprint density at radius 3 is 3.00 bits per heavy atom. The van der Waals surface area contributed by atoms with Crippen molar-refractivity contribution in [3.63, 3.8) is 0 Å². The van der Waals surface area contributed by atoms with Gasteiger partial charge in [-0.2, -0.15) is 0 Å². The van der Waals surface area contributed by atoms with E-state index in [0.29, 0.717) is 12.3 Å². The minimum Gasteiger partial charge on any atom is -0.491 e. The zero-order valence-electron chi connectivity index (χ0n) is 11.0. The topological polar surface area (TPSA) is 90.4 Å². The van der Waals surface area contributed by atoms with E-state index < -0.39 is 4.92 Å². The van der Waals surface area contributed by atoms with Gasteiger partial charge < -0.3 is 20.0 Å². The molecular formula is C13H15N3O4. The smallest absolute Gasteiger partial charge is 0.434 e. The van der Waals surface area contributed by atoms with Crippen LogP contribution < -0.4 is 4.74 Å². The van der Waals surface area contributed by atoms with E-state index in [1.54, 1.807) is 12.3 Å². The number of aliphatic hydroxyl groups is 1. The summed E-state index contributed by atoms with van der Waals surface area (Å²) in [6.07, 6.45) is 2.97. The molecule has 2 rings (SSSR count). The number of imidazole rings is 1. The lowest BCUT2D eigenvalue weighted by atomic mass is 10.1. The third-order valence-electron chi connectivity index (χ3n) is 2.94. The summed E-state index contributed by atoms with van der Waals surface area (Å²) in [6.45, 7) is 2.38. The summed E-state index contributed by atoms with van der Waals surface area (Å²) in [5, 5.41) is 19.6. The quantitative estimate of drug-likeness (QED) is 0.638. The molecule has 0 aliphatic carbocycles. The maximum atomic E-state index is 10.8. The molecule has 1 N–H and O–H groups in total. The van der Waals surface area contributed by atoms with Crippen molar-refractivity contribution in [2.45, 2.75) is 13.5 Å². The highest BCUT2D eigenvalue weighted by molar-refractivity contribution is 5.39. The largest absolute Gasteiger partial charge is 0.491 e. The van der Waals surface area contributed by atoms with Crippen molar-refractivity contribution in [2.24, 2.45) is 0 Å². The Morgan fingerprint density at radius 1 is 1.50 bits per heavy atom. The van der Waals surface area contributed by atoms with Gasteiger partial charge in [0.1, 0.15) is 24.8 Å². The molecule has 7 nitrogen and oxygen atoms in total. The number of aliphatic hydroxyl groups excluding tert-OH is 1. The van der Waals surface area contributed by atoms with Gasteiger partial charge in [0.2, 0.25) is 0 Å². The fourth-order valence-corrected chi connectivity index (χ4v) is 1.92. The summed E-state index contributed by atoms with van der Waals surface area (Å²) in [4.78, 5) is 14.0. The van der Waals surface area contributed by atoms with Crippen LogP contribution in [0.3, 0.4) is 0 Å². The number of nitrogens with zero attached hydrogens (tertiary/aromatic N) is 3. The second kappa shape index (κ2) is 6.16. The first-order valence-electron chi connectivity index (χ1n) is 6.11. The maximum Gasteiger partial charge on any atom is 0.434 e. The molecule has 0 amide bonds. The Hall–Kier alpha value is -2.41. The van der Waals surface area contributed by atoms with Crippen LogP contribution in [0.1, 0.15) is 11.1 Å². The van der Waals surface area contributed by atoms with Crippen molar-refractivity contribution >= 4 is 5.95 Å². The van der Waals surface area contributed by atoms with Crippen LogP contribution in [-0.4, -0.2) is 32.8 Å². The van der Waals surface area contributed by atoms with E-state index >= 15 is 0 Å². The van der Waals surface area contributed by atoms with Crippen LogP contribution in [0.15, 0.2) is 30.6 Å². The average molecular weight is 277 g/mol. The summed E-state index contributed by atoms with van der Waals surface area (Å²) >= 11 is 0. The van der Waals surface area contributed by atoms with Crippen LogP contribution in [0.25, 0.3) is 0 Å². The van der Waals surface area contributed by atoms with Gasteiger partial charge in [-0.25, -0.2) is 4.57 Å². The summed E-state index contributed by atoms with van der Waals surface area (Å²) in [5.74, 6) is 0.477. The monoisotopic (exact) mass is 277 g/mol. The normalized spacial score (nSPS) is 10.5. The summed E-state index contributed by atoms with van der Waals surface area (Å²) in [5.41, 5.74) is 1.80. The van der Waals surface area contributed by atoms with Crippen molar-refractivity contribution in [3.8, 4) is 5.75 Å². The third kappa shape index (κ3) is 2.94. The molecule has 2 aromatic rings. The van der Waals surface area contributed by atoms with Gasteiger partial charge in [0.05, 0.1) is 13.2 Å². The Bertz CT molecular complexity index is 609. The molecular weight excluding hydrogens is 262 g/mol. The third-order valence-corrected chi connectivity index (χ3v) is 2.94. The average Bonchev–Trinajstić information content (AvgIpc) is 2.88. The van der Waals surface area contributed by atoms with Gasteiger partial charge >= 0.3 is 5.95 Å². The van der Waals surface area contributed by atoms with Crippen LogP contribution in [-0.2, 0) is 6.54 Å². The molecule has 1 heterocycles. The molecule has 0 aliphatic rings. The number of nitro groups is 1. The number of rotatable bonds is 6. The maximum absolute atomic E-state index is 10.8. The zero-order chi connectivity index (χ0) is 14.5. The van der Waals surface area contributed by atoms with Gasteiger partial charge in [-0.15, -0.1) is 0 Å². The molecule has 0 fully saturated rings. The number of hydrogen-bond acceptors (Lipinski definition) is 5. The molecule has 0 atom stereocenters. The van der Waals surface area contributed by atoms with Crippen LogP contribution in [0.5, 0.6) is 5.75 Å². The molecule has 0 aliphatic heterocycles. The second-order valence-corrected chi connectivity index (χ2v) is 4.22. The van der Waals surface area contributed by atoms with E-state index in [0.717, 1.165) is 11.1 Å². The van der Waals surface area contributed by atoms with Crippen molar-refractivity contribution in [1.29, 1.82) is 0 Å². The molecule has 1 aromatic heterocycles. The van der Waals surface area contributed by atoms with Crippen molar-refractivity contribution in [2.75, 3.05) is 13.2 Å². The highest BCUT2D eigenvalue weighted by atomic mass is 16.6. The Balaban J connectivity index is 2.25. The van der Waals surface area contributed by atoms with Gasteiger partial charge in [-0.3, -0.25) is 0 Å². The SMILES string of the molecule is Cc1c(Cn2ccnc2[N+](=O)[O-])cccc1OCCO. The van der Waals surface area contributed by atoms with Crippen molar-refractivity contribution in [3.05, 3.63) is 51.8 Å². The first kappa shape index (κ1) is 14.0. The number of hydrogen-bond donors (Lipinski definition) is 1. The molecule has 0 saturated carbocycles. The minimum atomic E-state index is -0.512. The van der Waals surface area contributed by atoms with Gasteiger partial charge in [-0.1, -0.05) is 17.1 Å². The highest BCUT2D eigenvalue weighted by Gasteiger charge is 2.15. The molecule has 1 aromatic carbocycles. The molecule has 0 radical (unpaired) electrons. The van der Waals surface area contributed by atoms with E-state index in [-0.39, 0.29) is 19.2 Å². The number of benzene rings is 1. The van der Waals surface area contributed by atoms with E-state index in [4.69, 9.17) is 9.84 Å². The van der Waals surface area contributed by atoms with Gasteiger partial charge in [0.15, 0.2) is 0 Å². The van der Waals surface area contributed by atoms with Crippen molar-refractivity contribution in [1.82, 2.24) is 9.55 Å². The minimum absolute atomic E-state index is 0.0589. The fourth-order valence-electron chi connectivity index (χ4n) is 1.92. The predicted molar refractivity (Wildman–Crippen MR) is 71.7 cm³/mol.